The quantitative estimate of drug-likeness (QED) is 0.645. The van der Waals surface area contributed by atoms with Gasteiger partial charge < -0.3 is 4.90 Å². The Labute approximate surface area is 163 Å². The van der Waals surface area contributed by atoms with Crippen LogP contribution in [0.1, 0.15) is 23.9 Å². The molecule has 0 aliphatic carbocycles. The molecule has 4 rings (SSSR count). The van der Waals surface area contributed by atoms with Crippen LogP contribution < -0.4 is 4.90 Å². The highest BCUT2D eigenvalue weighted by Gasteiger charge is 2.29. The third kappa shape index (κ3) is 3.25. The van der Waals surface area contributed by atoms with E-state index in [4.69, 9.17) is 0 Å². The second kappa shape index (κ2) is 7.19. The van der Waals surface area contributed by atoms with Gasteiger partial charge in [-0.3, -0.25) is 9.36 Å². The number of nitrogens with zero attached hydrogens (tertiary/aromatic N) is 4. The van der Waals surface area contributed by atoms with Gasteiger partial charge in [0.15, 0.2) is 5.16 Å². The average molecular weight is 379 g/mol. The number of para-hydroxylation sites is 2. The van der Waals surface area contributed by atoms with Crippen molar-refractivity contribution in [2.24, 2.45) is 0 Å². The lowest BCUT2D eigenvalue weighted by Gasteiger charge is -2.21. The highest BCUT2D eigenvalue weighted by molar-refractivity contribution is 8.00. The van der Waals surface area contributed by atoms with Crippen LogP contribution in [0.25, 0.3) is 5.69 Å². The number of aromatic nitrogens is 3. The summed E-state index contributed by atoms with van der Waals surface area (Å²) in [6.07, 6.45) is 0.914. The van der Waals surface area contributed by atoms with Crippen LogP contribution in [0.15, 0.2) is 53.7 Å². The summed E-state index contributed by atoms with van der Waals surface area (Å²) >= 11 is 1.46. The molecule has 0 radical (unpaired) electrons. The Hall–Kier alpha value is -2.60. The standard InChI is InChI=1S/C21H22N4OS/c1-14-8-4-6-10-18(14)25-16(3)22-23-21(25)27-15(2)20(26)24-13-12-17-9-5-7-11-19(17)24/h4-11,15H,12-13H2,1-3H3. The fourth-order valence-corrected chi connectivity index (χ4v) is 4.47. The molecule has 0 N–H and O–H groups in total. The first-order valence-electron chi connectivity index (χ1n) is 9.10. The minimum atomic E-state index is -0.248. The fraction of sp³-hybridized carbons (Fsp3) is 0.286. The molecular formula is C21H22N4OS. The number of carbonyl (C=O) groups excluding carboxylic acids is 1. The van der Waals surface area contributed by atoms with Gasteiger partial charge in [-0.15, -0.1) is 10.2 Å². The van der Waals surface area contributed by atoms with E-state index in [0.717, 1.165) is 40.9 Å². The Bertz CT molecular complexity index is 997. The smallest absolute Gasteiger partial charge is 0.240 e. The number of hydrogen-bond acceptors (Lipinski definition) is 4. The lowest BCUT2D eigenvalue weighted by molar-refractivity contribution is -0.117. The zero-order valence-corrected chi connectivity index (χ0v) is 16.5. The van der Waals surface area contributed by atoms with Gasteiger partial charge in [0.1, 0.15) is 5.82 Å². The van der Waals surface area contributed by atoms with Crippen LogP contribution in [0, 0.1) is 13.8 Å². The first kappa shape index (κ1) is 17.8. The van der Waals surface area contributed by atoms with E-state index >= 15 is 0 Å². The number of amides is 1. The Morgan fingerprint density at radius 3 is 2.52 bits per heavy atom. The lowest BCUT2D eigenvalue weighted by Crippen LogP contribution is -2.35. The van der Waals surface area contributed by atoms with Crippen LogP contribution in [-0.4, -0.2) is 32.5 Å². The number of carbonyl (C=O) groups is 1. The number of aryl methyl sites for hydroxylation is 2. The molecule has 1 aromatic heterocycles. The van der Waals surface area contributed by atoms with E-state index in [1.165, 1.54) is 17.3 Å². The maximum Gasteiger partial charge on any atom is 0.240 e. The number of anilines is 1. The summed E-state index contributed by atoms with van der Waals surface area (Å²) in [7, 11) is 0. The molecule has 6 heteroatoms. The second-order valence-electron chi connectivity index (χ2n) is 6.78. The van der Waals surface area contributed by atoms with Gasteiger partial charge in [-0.2, -0.15) is 0 Å². The summed E-state index contributed by atoms with van der Waals surface area (Å²) in [4.78, 5) is 15.0. The highest BCUT2D eigenvalue weighted by atomic mass is 32.2. The first-order valence-corrected chi connectivity index (χ1v) is 9.98. The topological polar surface area (TPSA) is 51.0 Å². The summed E-state index contributed by atoms with van der Waals surface area (Å²) in [5.74, 6) is 0.930. The molecule has 5 nitrogen and oxygen atoms in total. The molecule has 1 atom stereocenters. The van der Waals surface area contributed by atoms with Gasteiger partial charge in [-0.1, -0.05) is 48.2 Å². The average Bonchev–Trinajstić information content (AvgIpc) is 3.25. The molecule has 2 heterocycles. The molecule has 0 saturated heterocycles. The molecule has 1 amide bonds. The second-order valence-corrected chi connectivity index (χ2v) is 8.09. The number of fused-ring (bicyclic) bond motifs is 1. The van der Waals surface area contributed by atoms with Crippen LogP contribution >= 0.6 is 11.8 Å². The zero-order valence-electron chi connectivity index (χ0n) is 15.7. The van der Waals surface area contributed by atoms with Crippen molar-refractivity contribution in [2.75, 3.05) is 11.4 Å². The van der Waals surface area contributed by atoms with Crippen molar-refractivity contribution >= 4 is 23.4 Å². The molecular weight excluding hydrogens is 356 g/mol. The van der Waals surface area contributed by atoms with Crippen LogP contribution in [0.3, 0.4) is 0 Å². The first-order chi connectivity index (χ1) is 13.1. The molecule has 1 unspecified atom stereocenters. The monoisotopic (exact) mass is 378 g/mol. The molecule has 0 spiro atoms. The SMILES string of the molecule is Cc1ccccc1-n1c(C)nnc1SC(C)C(=O)N1CCc2ccccc21. The summed E-state index contributed by atoms with van der Waals surface area (Å²) in [6, 6.07) is 16.3. The lowest BCUT2D eigenvalue weighted by atomic mass is 10.2. The summed E-state index contributed by atoms with van der Waals surface area (Å²) in [5, 5.41) is 9.08. The molecule has 0 bridgehead atoms. The van der Waals surface area contributed by atoms with Crippen molar-refractivity contribution in [3.63, 3.8) is 0 Å². The van der Waals surface area contributed by atoms with Gasteiger partial charge in [-0.25, -0.2) is 0 Å². The van der Waals surface area contributed by atoms with Crippen LogP contribution in [0.5, 0.6) is 0 Å². The number of benzene rings is 2. The molecule has 138 valence electrons. The van der Waals surface area contributed by atoms with E-state index in [1.54, 1.807) is 0 Å². The van der Waals surface area contributed by atoms with Gasteiger partial charge >= 0.3 is 0 Å². The zero-order chi connectivity index (χ0) is 19.0. The summed E-state index contributed by atoms with van der Waals surface area (Å²) in [5.41, 5.74) is 4.47. The van der Waals surface area contributed by atoms with Gasteiger partial charge in [-0.05, 0) is 50.5 Å². The largest absolute Gasteiger partial charge is 0.311 e. The van der Waals surface area contributed by atoms with E-state index < -0.39 is 0 Å². The number of rotatable bonds is 4. The van der Waals surface area contributed by atoms with Crippen LogP contribution in [0.4, 0.5) is 5.69 Å². The Morgan fingerprint density at radius 2 is 1.74 bits per heavy atom. The van der Waals surface area contributed by atoms with E-state index in [9.17, 15) is 4.79 Å². The number of thioether (sulfide) groups is 1. The molecule has 3 aromatic rings. The third-order valence-corrected chi connectivity index (χ3v) is 5.96. The molecule has 1 aliphatic heterocycles. The molecule has 27 heavy (non-hydrogen) atoms. The van der Waals surface area contributed by atoms with Gasteiger partial charge in [0, 0.05) is 12.2 Å². The maximum atomic E-state index is 13.1. The molecule has 1 aliphatic rings. The van der Waals surface area contributed by atoms with E-state index in [0.29, 0.717) is 0 Å². The van der Waals surface area contributed by atoms with Crippen molar-refractivity contribution in [2.45, 2.75) is 37.6 Å². The molecule has 0 fully saturated rings. The Balaban J connectivity index is 1.59. The van der Waals surface area contributed by atoms with Crippen LogP contribution in [0.2, 0.25) is 0 Å². The van der Waals surface area contributed by atoms with E-state index in [-0.39, 0.29) is 11.2 Å². The minimum Gasteiger partial charge on any atom is -0.311 e. The van der Waals surface area contributed by atoms with Crippen molar-refractivity contribution < 1.29 is 4.79 Å². The normalized spacial score (nSPS) is 14.3. The van der Waals surface area contributed by atoms with E-state index in [2.05, 4.69) is 35.3 Å². The van der Waals surface area contributed by atoms with Gasteiger partial charge in [0.25, 0.3) is 0 Å². The fourth-order valence-electron chi connectivity index (χ4n) is 3.51. The van der Waals surface area contributed by atoms with Crippen molar-refractivity contribution in [3.8, 4) is 5.69 Å². The maximum absolute atomic E-state index is 13.1. The summed E-state index contributed by atoms with van der Waals surface area (Å²) < 4.78 is 2.03. The predicted octanol–water partition coefficient (Wildman–Crippen LogP) is 3.95. The molecule has 2 aromatic carbocycles. The third-order valence-electron chi connectivity index (χ3n) is 4.93. The van der Waals surface area contributed by atoms with E-state index in [1.807, 2.05) is 53.6 Å². The Kier molecular flexibility index (Phi) is 4.74. The van der Waals surface area contributed by atoms with Crippen molar-refractivity contribution in [3.05, 3.63) is 65.5 Å². The Morgan fingerprint density at radius 1 is 1.04 bits per heavy atom. The van der Waals surface area contributed by atoms with Gasteiger partial charge in [0.2, 0.25) is 5.91 Å². The van der Waals surface area contributed by atoms with Gasteiger partial charge in [0.05, 0.1) is 10.9 Å². The predicted molar refractivity (Wildman–Crippen MR) is 109 cm³/mol. The minimum absolute atomic E-state index is 0.113. The van der Waals surface area contributed by atoms with Crippen molar-refractivity contribution in [1.29, 1.82) is 0 Å². The highest BCUT2D eigenvalue weighted by Crippen LogP contribution is 2.32. The molecule has 0 saturated carbocycles. The van der Waals surface area contributed by atoms with Crippen LogP contribution in [-0.2, 0) is 11.2 Å². The van der Waals surface area contributed by atoms with Crippen molar-refractivity contribution in [1.82, 2.24) is 14.8 Å². The number of hydrogen-bond donors (Lipinski definition) is 0. The summed E-state index contributed by atoms with van der Waals surface area (Å²) in [6.45, 7) is 6.69.